The first kappa shape index (κ1) is 18.3. The summed E-state index contributed by atoms with van der Waals surface area (Å²) in [7, 11) is 0. The second kappa shape index (κ2) is 7.66. The molecule has 1 heterocycles. The van der Waals surface area contributed by atoms with Gasteiger partial charge in [-0.25, -0.2) is 4.79 Å². The third-order valence-corrected chi connectivity index (χ3v) is 4.35. The molecule has 0 aliphatic carbocycles. The lowest BCUT2D eigenvalue weighted by Gasteiger charge is -2.22. The Balaban J connectivity index is 2.03. The number of hydrogen-bond acceptors (Lipinski definition) is 3. The Bertz CT molecular complexity index is 632. The molecule has 1 saturated heterocycles. The van der Waals surface area contributed by atoms with Gasteiger partial charge in [0.2, 0.25) is 5.91 Å². The molecule has 0 bridgehead atoms. The molecular formula is C17H22ClN3O3. The fourth-order valence-electron chi connectivity index (χ4n) is 2.62. The van der Waals surface area contributed by atoms with Crippen molar-refractivity contribution in [3.05, 3.63) is 34.9 Å². The van der Waals surface area contributed by atoms with E-state index in [2.05, 4.69) is 17.6 Å². The standard InChI is InChI=1S/C17H22ClN3O3/c1-3-4-5-10-19-14(22)11-21-15(23)17(2,20-16(21)24)12-6-8-13(18)9-7-12/h6-9H,3-5,10-11H2,1-2H3,(H,19,22)(H,20,24)/t17-/m1/s1. The molecule has 2 N–H and O–H groups in total. The number of imide groups is 1. The average molecular weight is 352 g/mol. The number of nitrogens with one attached hydrogen (secondary N) is 2. The molecule has 1 aliphatic heterocycles. The van der Waals surface area contributed by atoms with Crippen molar-refractivity contribution in [1.82, 2.24) is 15.5 Å². The number of carbonyl (C=O) groups excluding carboxylic acids is 3. The fourth-order valence-corrected chi connectivity index (χ4v) is 2.75. The Kier molecular flexibility index (Phi) is 5.83. The fraction of sp³-hybridized carbons (Fsp3) is 0.471. The zero-order chi connectivity index (χ0) is 17.7. The van der Waals surface area contributed by atoms with E-state index in [1.807, 2.05) is 0 Å². The third kappa shape index (κ3) is 3.87. The van der Waals surface area contributed by atoms with Crippen LogP contribution < -0.4 is 10.6 Å². The largest absolute Gasteiger partial charge is 0.355 e. The maximum atomic E-state index is 12.7. The molecule has 130 valence electrons. The van der Waals surface area contributed by atoms with Gasteiger partial charge in [-0.3, -0.25) is 14.5 Å². The van der Waals surface area contributed by atoms with Gasteiger partial charge in [0.1, 0.15) is 12.1 Å². The van der Waals surface area contributed by atoms with Crippen LogP contribution in [-0.2, 0) is 15.1 Å². The van der Waals surface area contributed by atoms with Crippen LogP contribution in [0, 0.1) is 0 Å². The van der Waals surface area contributed by atoms with Crippen LogP contribution in [0.1, 0.15) is 38.7 Å². The van der Waals surface area contributed by atoms with E-state index in [9.17, 15) is 14.4 Å². The maximum absolute atomic E-state index is 12.7. The van der Waals surface area contributed by atoms with Crippen LogP contribution in [0.3, 0.4) is 0 Å². The van der Waals surface area contributed by atoms with Gasteiger partial charge in [0.15, 0.2) is 0 Å². The van der Waals surface area contributed by atoms with Gasteiger partial charge in [0.25, 0.3) is 5.91 Å². The van der Waals surface area contributed by atoms with E-state index in [0.29, 0.717) is 17.1 Å². The molecular weight excluding hydrogens is 330 g/mol. The zero-order valence-electron chi connectivity index (χ0n) is 13.9. The average Bonchev–Trinajstić information content (AvgIpc) is 2.76. The van der Waals surface area contributed by atoms with Crippen molar-refractivity contribution in [2.45, 2.75) is 38.6 Å². The molecule has 1 aliphatic rings. The van der Waals surface area contributed by atoms with Gasteiger partial charge >= 0.3 is 6.03 Å². The lowest BCUT2D eigenvalue weighted by molar-refractivity contribution is -0.134. The van der Waals surface area contributed by atoms with Gasteiger partial charge in [-0.15, -0.1) is 0 Å². The Morgan fingerprint density at radius 1 is 1.25 bits per heavy atom. The van der Waals surface area contributed by atoms with E-state index >= 15 is 0 Å². The summed E-state index contributed by atoms with van der Waals surface area (Å²) in [5.41, 5.74) is -0.569. The second-order valence-corrected chi connectivity index (χ2v) is 6.45. The lowest BCUT2D eigenvalue weighted by atomic mass is 9.92. The van der Waals surface area contributed by atoms with Crippen molar-refractivity contribution in [3.8, 4) is 0 Å². The SMILES string of the molecule is CCCCCNC(=O)CN1C(=O)N[C@](C)(c2ccc(Cl)cc2)C1=O. The van der Waals surface area contributed by atoms with Crippen molar-refractivity contribution in [2.24, 2.45) is 0 Å². The lowest BCUT2D eigenvalue weighted by Crippen LogP contribution is -2.43. The Morgan fingerprint density at radius 2 is 1.92 bits per heavy atom. The van der Waals surface area contributed by atoms with Crippen molar-refractivity contribution < 1.29 is 14.4 Å². The van der Waals surface area contributed by atoms with E-state index < -0.39 is 17.5 Å². The summed E-state index contributed by atoms with van der Waals surface area (Å²) in [4.78, 5) is 37.7. The molecule has 6 nitrogen and oxygen atoms in total. The number of rotatable bonds is 7. The number of nitrogens with zero attached hydrogens (tertiary/aromatic N) is 1. The van der Waals surface area contributed by atoms with Crippen molar-refractivity contribution >= 4 is 29.4 Å². The van der Waals surface area contributed by atoms with E-state index in [-0.39, 0.29) is 12.5 Å². The summed E-state index contributed by atoms with van der Waals surface area (Å²) >= 11 is 5.86. The summed E-state index contributed by atoms with van der Waals surface area (Å²) < 4.78 is 0. The molecule has 7 heteroatoms. The van der Waals surface area contributed by atoms with Gasteiger partial charge in [-0.1, -0.05) is 43.5 Å². The highest BCUT2D eigenvalue weighted by molar-refractivity contribution is 6.30. The minimum atomic E-state index is -1.19. The van der Waals surface area contributed by atoms with E-state index in [0.717, 1.165) is 24.2 Å². The van der Waals surface area contributed by atoms with Gasteiger partial charge in [-0.05, 0) is 31.0 Å². The van der Waals surface area contributed by atoms with E-state index in [1.165, 1.54) is 0 Å². The number of urea groups is 1. The molecule has 1 aromatic rings. The second-order valence-electron chi connectivity index (χ2n) is 6.01. The third-order valence-electron chi connectivity index (χ3n) is 4.10. The minimum absolute atomic E-state index is 0.278. The Labute approximate surface area is 146 Å². The minimum Gasteiger partial charge on any atom is -0.355 e. The number of benzene rings is 1. The highest BCUT2D eigenvalue weighted by Gasteiger charge is 2.49. The van der Waals surface area contributed by atoms with Crippen molar-refractivity contribution in [2.75, 3.05) is 13.1 Å². The number of unbranched alkanes of at least 4 members (excludes halogenated alkanes) is 2. The van der Waals surface area contributed by atoms with Crippen LogP contribution in [0.4, 0.5) is 4.79 Å². The first-order valence-corrected chi connectivity index (χ1v) is 8.43. The molecule has 4 amide bonds. The Morgan fingerprint density at radius 3 is 2.54 bits per heavy atom. The number of halogens is 1. The summed E-state index contributed by atoms with van der Waals surface area (Å²) in [6.07, 6.45) is 2.96. The molecule has 0 radical (unpaired) electrons. The number of amides is 4. The van der Waals surface area contributed by atoms with Crippen LogP contribution in [0.5, 0.6) is 0 Å². The first-order chi connectivity index (χ1) is 11.4. The molecule has 0 unspecified atom stereocenters. The van der Waals surface area contributed by atoms with Gasteiger partial charge in [-0.2, -0.15) is 0 Å². The van der Waals surface area contributed by atoms with Crippen molar-refractivity contribution in [1.29, 1.82) is 0 Å². The topological polar surface area (TPSA) is 78.5 Å². The predicted molar refractivity (Wildman–Crippen MR) is 91.6 cm³/mol. The maximum Gasteiger partial charge on any atom is 0.325 e. The Hall–Kier alpha value is -2.08. The van der Waals surface area contributed by atoms with Gasteiger partial charge < -0.3 is 10.6 Å². The molecule has 1 atom stereocenters. The molecule has 0 aromatic heterocycles. The number of hydrogen-bond donors (Lipinski definition) is 2. The summed E-state index contributed by atoms with van der Waals surface area (Å²) in [5.74, 6) is -0.784. The molecule has 1 fully saturated rings. The molecule has 2 rings (SSSR count). The smallest absolute Gasteiger partial charge is 0.325 e. The highest BCUT2D eigenvalue weighted by atomic mass is 35.5. The number of carbonyl (C=O) groups is 3. The summed E-state index contributed by atoms with van der Waals surface area (Å²) in [6, 6.07) is 6.13. The van der Waals surface area contributed by atoms with Crippen LogP contribution in [0.15, 0.2) is 24.3 Å². The molecule has 24 heavy (non-hydrogen) atoms. The summed E-state index contributed by atoms with van der Waals surface area (Å²) in [6.45, 7) is 3.97. The highest BCUT2D eigenvalue weighted by Crippen LogP contribution is 2.29. The predicted octanol–water partition coefficient (Wildman–Crippen LogP) is 2.41. The van der Waals surface area contributed by atoms with Crippen LogP contribution in [-0.4, -0.2) is 35.8 Å². The normalized spacial score (nSPS) is 20.2. The first-order valence-electron chi connectivity index (χ1n) is 8.05. The van der Waals surface area contributed by atoms with Crippen molar-refractivity contribution in [3.63, 3.8) is 0 Å². The van der Waals surface area contributed by atoms with E-state index in [4.69, 9.17) is 11.6 Å². The monoisotopic (exact) mass is 351 g/mol. The van der Waals surface area contributed by atoms with Crippen LogP contribution in [0.25, 0.3) is 0 Å². The van der Waals surface area contributed by atoms with Crippen LogP contribution >= 0.6 is 11.6 Å². The summed E-state index contributed by atoms with van der Waals surface area (Å²) in [5, 5.41) is 5.94. The van der Waals surface area contributed by atoms with Gasteiger partial charge in [0, 0.05) is 11.6 Å². The van der Waals surface area contributed by atoms with Crippen LogP contribution in [0.2, 0.25) is 5.02 Å². The molecule has 1 aromatic carbocycles. The molecule has 0 spiro atoms. The van der Waals surface area contributed by atoms with Gasteiger partial charge in [0.05, 0.1) is 0 Å². The zero-order valence-corrected chi connectivity index (χ0v) is 14.7. The quantitative estimate of drug-likeness (QED) is 0.585. The van der Waals surface area contributed by atoms with E-state index in [1.54, 1.807) is 31.2 Å². The molecule has 0 saturated carbocycles.